The first-order valence-electron chi connectivity index (χ1n) is 7.16. The molecule has 2 fully saturated rings. The van der Waals surface area contributed by atoms with Crippen LogP contribution in [0.3, 0.4) is 0 Å². The van der Waals surface area contributed by atoms with E-state index in [1.165, 1.54) is 32.1 Å². The SMILES string of the molecule is CCC(NC(=O)[C@@H]1C[C@@H]1C(=O)O)C1CCCCC1. The summed E-state index contributed by atoms with van der Waals surface area (Å²) in [5.41, 5.74) is 0. The lowest BCUT2D eigenvalue weighted by Crippen LogP contribution is -2.41. The number of amides is 1. The average Bonchev–Trinajstić information content (AvgIpc) is 3.17. The van der Waals surface area contributed by atoms with Gasteiger partial charge in [0.05, 0.1) is 11.8 Å². The van der Waals surface area contributed by atoms with Crippen molar-refractivity contribution in [2.45, 2.75) is 57.9 Å². The lowest BCUT2D eigenvalue weighted by molar-refractivity contribution is -0.140. The molecule has 4 nitrogen and oxygen atoms in total. The molecule has 1 amide bonds. The van der Waals surface area contributed by atoms with Crippen LogP contribution in [0.15, 0.2) is 0 Å². The molecule has 4 heteroatoms. The second kappa shape index (κ2) is 5.72. The quantitative estimate of drug-likeness (QED) is 0.789. The molecule has 3 atom stereocenters. The van der Waals surface area contributed by atoms with Crippen LogP contribution in [0.5, 0.6) is 0 Å². The summed E-state index contributed by atoms with van der Waals surface area (Å²) in [6.07, 6.45) is 7.70. The predicted octanol–water partition coefficient (Wildman–Crippen LogP) is 2.18. The number of nitrogens with one attached hydrogen (secondary N) is 1. The molecule has 2 rings (SSSR count). The Morgan fingerprint density at radius 3 is 2.39 bits per heavy atom. The first-order chi connectivity index (χ1) is 8.63. The van der Waals surface area contributed by atoms with Crippen LogP contribution in [0, 0.1) is 17.8 Å². The van der Waals surface area contributed by atoms with Crippen molar-refractivity contribution >= 4 is 11.9 Å². The van der Waals surface area contributed by atoms with Gasteiger partial charge in [-0.3, -0.25) is 9.59 Å². The summed E-state index contributed by atoms with van der Waals surface area (Å²) in [6, 6.07) is 0.243. The van der Waals surface area contributed by atoms with Gasteiger partial charge in [0.2, 0.25) is 5.91 Å². The summed E-state index contributed by atoms with van der Waals surface area (Å²) < 4.78 is 0. The summed E-state index contributed by atoms with van der Waals surface area (Å²) in [5.74, 6) is -0.996. The van der Waals surface area contributed by atoms with E-state index in [4.69, 9.17) is 5.11 Å². The van der Waals surface area contributed by atoms with Crippen molar-refractivity contribution in [3.8, 4) is 0 Å². The van der Waals surface area contributed by atoms with Crippen molar-refractivity contribution < 1.29 is 14.7 Å². The number of carboxylic acid groups (broad SMARTS) is 1. The molecule has 0 aliphatic heterocycles. The minimum Gasteiger partial charge on any atom is -0.481 e. The van der Waals surface area contributed by atoms with E-state index >= 15 is 0 Å². The van der Waals surface area contributed by atoms with Gasteiger partial charge in [-0.05, 0) is 31.6 Å². The maximum absolute atomic E-state index is 12.0. The third-order valence-electron chi connectivity index (χ3n) is 4.43. The van der Waals surface area contributed by atoms with Crippen LogP contribution >= 0.6 is 0 Å². The van der Waals surface area contributed by atoms with Crippen LogP contribution in [0.1, 0.15) is 51.9 Å². The van der Waals surface area contributed by atoms with E-state index in [9.17, 15) is 9.59 Å². The smallest absolute Gasteiger partial charge is 0.307 e. The minimum atomic E-state index is -0.833. The summed E-state index contributed by atoms with van der Waals surface area (Å²) in [4.78, 5) is 22.7. The zero-order valence-electron chi connectivity index (χ0n) is 11.0. The van der Waals surface area contributed by atoms with Crippen LogP contribution in [0.2, 0.25) is 0 Å². The molecular formula is C14H23NO3. The first-order valence-corrected chi connectivity index (χ1v) is 7.16. The average molecular weight is 253 g/mol. The van der Waals surface area contributed by atoms with E-state index in [0.717, 1.165) is 6.42 Å². The first kappa shape index (κ1) is 13.4. The molecular weight excluding hydrogens is 230 g/mol. The Hall–Kier alpha value is -1.06. The van der Waals surface area contributed by atoms with Gasteiger partial charge in [0.1, 0.15) is 0 Å². The molecule has 2 aliphatic rings. The molecule has 18 heavy (non-hydrogen) atoms. The summed E-state index contributed by atoms with van der Waals surface area (Å²) >= 11 is 0. The van der Waals surface area contributed by atoms with E-state index in [-0.39, 0.29) is 17.9 Å². The summed E-state index contributed by atoms with van der Waals surface area (Å²) in [6.45, 7) is 2.10. The topological polar surface area (TPSA) is 66.4 Å². The van der Waals surface area contributed by atoms with Crippen LogP contribution in [0.4, 0.5) is 0 Å². The molecule has 2 saturated carbocycles. The van der Waals surface area contributed by atoms with E-state index in [0.29, 0.717) is 12.3 Å². The van der Waals surface area contributed by atoms with Gasteiger partial charge in [0, 0.05) is 6.04 Å². The monoisotopic (exact) mass is 253 g/mol. The van der Waals surface area contributed by atoms with Crippen molar-refractivity contribution in [3.63, 3.8) is 0 Å². The number of carboxylic acids is 1. The van der Waals surface area contributed by atoms with Crippen molar-refractivity contribution in [2.75, 3.05) is 0 Å². The van der Waals surface area contributed by atoms with E-state index in [1.54, 1.807) is 0 Å². The molecule has 0 aromatic carbocycles. The lowest BCUT2D eigenvalue weighted by atomic mass is 9.83. The van der Waals surface area contributed by atoms with Crippen molar-refractivity contribution in [1.82, 2.24) is 5.32 Å². The van der Waals surface area contributed by atoms with Crippen LogP contribution in [-0.4, -0.2) is 23.0 Å². The zero-order chi connectivity index (χ0) is 13.1. The number of hydrogen-bond donors (Lipinski definition) is 2. The van der Waals surface area contributed by atoms with Crippen molar-refractivity contribution in [1.29, 1.82) is 0 Å². The normalized spacial score (nSPS) is 29.6. The van der Waals surface area contributed by atoms with Crippen LogP contribution in [0.25, 0.3) is 0 Å². The fourth-order valence-corrected chi connectivity index (χ4v) is 3.14. The summed E-state index contributed by atoms with van der Waals surface area (Å²) in [5, 5.41) is 11.9. The number of hydrogen-bond acceptors (Lipinski definition) is 2. The Balaban J connectivity index is 1.83. The van der Waals surface area contributed by atoms with E-state index in [2.05, 4.69) is 12.2 Å². The maximum atomic E-state index is 12.0. The fourth-order valence-electron chi connectivity index (χ4n) is 3.14. The van der Waals surface area contributed by atoms with Crippen molar-refractivity contribution in [2.24, 2.45) is 17.8 Å². The Labute approximate surface area is 108 Å². The lowest BCUT2D eigenvalue weighted by Gasteiger charge is -2.30. The van der Waals surface area contributed by atoms with Crippen LogP contribution < -0.4 is 5.32 Å². The summed E-state index contributed by atoms with van der Waals surface area (Å²) in [7, 11) is 0. The molecule has 102 valence electrons. The highest BCUT2D eigenvalue weighted by atomic mass is 16.4. The Kier molecular flexibility index (Phi) is 4.25. The van der Waals surface area contributed by atoms with Gasteiger partial charge in [-0.25, -0.2) is 0 Å². The molecule has 2 aliphatic carbocycles. The fraction of sp³-hybridized carbons (Fsp3) is 0.857. The second-order valence-electron chi connectivity index (χ2n) is 5.71. The third-order valence-corrected chi connectivity index (χ3v) is 4.43. The van der Waals surface area contributed by atoms with E-state index in [1.807, 2.05) is 0 Å². The number of carbonyl (C=O) groups is 2. The van der Waals surface area contributed by atoms with Crippen LogP contribution in [-0.2, 0) is 9.59 Å². The van der Waals surface area contributed by atoms with E-state index < -0.39 is 11.9 Å². The number of aliphatic carboxylic acids is 1. The van der Waals surface area contributed by atoms with Gasteiger partial charge in [0.15, 0.2) is 0 Å². The highest BCUT2D eigenvalue weighted by molar-refractivity contribution is 5.89. The molecule has 0 aromatic heterocycles. The molecule has 0 spiro atoms. The zero-order valence-corrected chi connectivity index (χ0v) is 11.0. The molecule has 1 unspecified atom stereocenters. The van der Waals surface area contributed by atoms with Crippen molar-refractivity contribution in [3.05, 3.63) is 0 Å². The maximum Gasteiger partial charge on any atom is 0.307 e. The highest BCUT2D eigenvalue weighted by Gasteiger charge is 2.48. The Morgan fingerprint density at radius 2 is 1.89 bits per heavy atom. The van der Waals surface area contributed by atoms with Gasteiger partial charge in [-0.1, -0.05) is 26.2 Å². The third kappa shape index (κ3) is 3.03. The minimum absolute atomic E-state index is 0.0418. The van der Waals surface area contributed by atoms with Gasteiger partial charge >= 0.3 is 5.97 Å². The van der Waals surface area contributed by atoms with Gasteiger partial charge in [-0.2, -0.15) is 0 Å². The highest BCUT2D eigenvalue weighted by Crippen LogP contribution is 2.39. The largest absolute Gasteiger partial charge is 0.481 e. The molecule has 2 N–H and O–H groups in total. The Bertz CT molecular complexity index is 323. The standard InChI is InChI=1S/C14H23NO3/c1-2-12(9-6-4-3-5-7-9)15-13(16)10-8-11(10)14(17)18/h9-12H,2-8H2,1H3,(H,15,16)(H,17,18)/t10-,11+,12?/m1/s1. The number of carbonyl (C=O) groups excluding carboxylic acids is 1. The second-order valence-corrected chi connectivity index (χ2v) is 5.71. The van der Waals surface area contributed by atoms with Gasteiger partial charge in [0.25, 0.3) is 0 Å². The molecule has 0 heterocycles. The molecule has 0 bridgehead atoms. The molecule has 0 aromatic rings. The van der Waals surface area contributed by atoms with Gasteiger partial charge in [-0.15, -0.1) is 0 Å². The molecule has 0 radical (unpaired) electrons. The Morgan fingerprint density at radius 1 is 1.22 bits per heavy atom. The number of rotatable bonds is 5. The molecule has 0 saturated heterocycles. The predicted molar refractivity (Wildman–Crippen MR) is 68.0 cm³/mol. The van der Waals surface area contributed by atoms with Gasteiger partial charge < -0.3 is 10.4 Å².